The number of ether oxygens (including phenoxy) is 1. The molecule has 0 aliphatic heterocycles. The van der Waals surface area contributed by atoms with E-state index in [1.807, 2.05) is 30.3 Å². The lowest BCUT2D eigenvalue weighted by Crippen LogP contribution is -2.36. The molecule has 0 spiro atoms. The smallest absolute Gasteiger partial charge is 0.407 e. The van der Waals surface area contributed by atoms with E-state index in [9.17, 15) is 15.0 Å². The zero-order chi connectivity index (χ0) is 22.1. The van der Waals surface area contributed by atoms with E-state index in [4.69, 9.17) is 4.74 Å². The van der Waals surface area contributed by atoms with Crippen molar-refractivity contribution in [2.24, 2.45) is 0 Å². The van der Waals surface area contributed by atoms with Gasteiger partial charge in [0.2, 0.25) is 0 Å². The van der Waals surface area contributed by atoms with Gasteiger partial charge in [-0.3, -0.25) is 5.10 Å². The predicted octanol–water partition coefficient (Wildman–Crippen LogP) is 3.50. The Morgan fingerprint density at radius 2 is 1.69 bits per heavy atom. The van der Waals surface area contributed by atoms with E-state index < -0.39 is 18.3 Å². The molecule has 7 heteroatoms. The van der Waals surface area contributed by atoms with Gasteiger partial charge in [-0.2, -0.15) is 5.10 Å². The van der Waals surface area contributed by atoms with Gasteiger partial charge in [-0.25, -0.2) is 4.79 Å². The highest BCUT2D eigenvalue weighted by Gasteiger charge is 2.29. The summed E-state index contributed by atoms with van der Waals surface area (Å²) >= 11 is 0. The molecule has 4 aromatic rings. The van der Waals surface area contributed by atoms with E-state index in [1.165, 1.54) is 0 Å². The molecular weight excluding hydrogens is 406 g/mol. The minimum Gasteiger partial charge on any atom is -0.449 e. The van der Waals surface area contributed by atoms with Gasteiger partial charge in [0.05, 0.1) is 11.7 Å². The average molecular weight is 429 g/mol. The molecule has 1 aromatic heterocycles. The molecule has 0 saturated heterocycles. The molecule has 0 fully saturated rings. The van der Waals surface area contributed by atoms with Gasteiger partial charge in [0, 0.05) is 17.8 Å². The number of aromatic amines is 1. The number of fused-ring (bicyclic) bond motifs is 4. The van der Waals surface area contributed by atoms with E-state index in [2.05, 4.69) is 39.8 Å². The van der Waals surface area contributed by atoms with Crippen LogP contribution in [0.2, 0.25) is 0 Å². The van der Waals surface area contributed by atoms with Crippen molar-refractivity contribution in [1.29, 1.82) is 0 Å². The van der Waals surface area contributed by atoms with Crippen LogP contribution in [0.4, 0.5) is 4.79 Å². The largest absolute Gasteiger partial charge is 0.449 e. The Labute approximate surface area is 184 Å². The number of nitrogens with zero attached hydrogens (tertiary/aromatic N) is 1. The molecule has 0 bridgehead atoms. The number of aliphatic hydroxyl groups is 2. The Bertz CT molecular complexity index is 1220. The normalized spacial score (nSPS) is 14.6. The van der Waals surface area contributed by atoms with Gasteiger partial charge in [0.15, 0.2) is 0 Å². The maximum atomic E-state index is 12.3. The number of H-pyrrole nitrogens is 1. The first-order valence-electron chi connectivity index (χ1n) is 10.5. The topological polar surface area (TPSA) is 107 Å². The number of aromatic nitrogens is 2. The van der Waals surface area contributed by atoms with Crippen LogP contribution >= 0.6 is 0 Å². The van der Waals surface area contributed by atoms with Gasteiger partial charge in [0.1, 0.15) is 18.8 Å². The van der Waals surface area contributed by atoms with E-state index in [0.29, 0.717) is 5.56 Å². The second kappa shape index (κ2) is 8.45. The van der Waals surface area contributed by atoms with Gasteiger partial charge in [-0.15, -0.1) is 0 Å². The van der Waals surface area contributed by atoms with Crippen LogP contribution in [-0.2, 0) is 4.74 Å². The van der Waals surface area contributed by atoms with E-state index in [1.54, 1.807) is 18.3 Å². The van der Waals surface area contributed by atoms with Gasteiger partial charge in [0.25, 0.3) is 0 Å². The lowest BCUT2D eigenvalue weighted by Gasteiger charge is -2.20. The standard InChI is InChI=1S/C25H23N3O4/c29-23(24(30)19-10-5-11-22-20(19)12-27-28-22)13-26-25(31)32-14-21-17-8-3-1-6-15(17)16-7-2-4-9-18(16)21/h1-12,21,23-24,29-30H,13-14H2,(H,26,31)(H,27,28). The third-order valence-corrected chi connectivity index (χ3v) is 6.00. The van der Waals surface area contributed by atoms with Crippen molar-refractivity contribution in [3.8, 4) is 11.1 Å². The van der Waals surface area contributed by atoms with Crippen molar-refractivity contribution in [2.45, 2.75) is 18.1 Å². The van der Waals surface area contributed by atoms with E-state index in [0.717, 1.165) is 33.2 Å². The van der Waals surface area contributed by atoms with Gasteiger partial charge in [-0.1, -0.05) is 60.7 Å². The quantitative estimate of drug-likeness (QED) is 0.375. The number of nitrogens with one attached hydrogen (secondary N) is 2. The third-order valence-electron chi connectivity index (χ3n) is 6.00. The molecule has 162 valence electrons. The number of carbonyl (C=O) groups excluding carboxylic acids is 1. The van der Waals surface area contributed by atoms with Crippen LogP contribution < -0.4 is 5.32 Å². The van der Waals surface area contributed by atoms with Crippen LogP contribution in [0.15, 0.2) is 72.9 Å². The molecule has 0 radical (unpaired) electrons. The van der Waals surface area contributed by atoms with E-state index in [-0.39, 0.29) is 19.1 Å². The minimum atomic E-state index is -1.20. The molecule has 3 aromatic carbocycles. The fraction of sp³-hybridized carbons (Fsp3) is 0.200. The maximum Gasteiger partial charge on any atom is 0.407 e. The highest BCUT2D eigenvalue weighted by atomic mass is 16.5. The second-order valence-corrected chi connectivity index (χ2v) is 7.90. The van der Waals surface area contributed by atoms with Gasteiger partial charge >= 0.3 is 6.09 Å². The molecule has 2 atom stereocenters. The lowest BCUT2D eigenvalue weighted by atomic mass is 9.98. The highest BCUT2D eigenvalue weighted by molar-refractivity contribution is 5.82. The molecule has 5 rings (SSSR count). The molecule has 1 amide bonds. The molecule has 7 nitrogen and oxygen atoms in total. The Morgan fingerprint density at radius 1 is 1.00 bits per heavy atom. The van der Waals surface area contributed by atoms with Gasteiger partial charge in [-0.05, 0) is 33.9 Å². The molecule has 1 heterocycles. The van der Waals surface area contributed by atoms with Crippen molar-refractivity contribution >= 4 is 17.0 Å². The first-order valence-corrected chi connectivity index (χ1v) is 10.5. The van der Waals surface area contributed by atoms with Crippen LogP contribution in [0, 0.1) is 0 Å². The number of carbonyl (C=O) groups is 1. The summed E-state index contributed by atoms with van der Waals surface area (Å²) in [6.45, 7) is 0.0406. The average Bonchev–Trinajstić information content (AvgIpc) is 3.43. The summed E-state index contributed by atoms with van der Waals surface area (Å²) in [5, 5.41) is 31.0. The molecule has 4 N–H and O–H groups in total. The number of hydrogen-bond donors (Lipinski definition) is 4. The van der Waals surface area contributed by atoms with Crippen molar-refractivity contribution < 1.29 is 19.7 Å². The molecule has 1 aliphatic rings. The summed E-state index contributed by atoms with van der Waals surface area (Å²) in [7, 11) is 0. The fourth-order valence-corrected chi connectivity index (χ4v) is 4.41. The molecule has 2 unspecified atom stereocenters. The Balaban J connectivity index is 1.20. The lowest BCUT2D eigenvalue weighted by molar-refractivity contribution is 0.0194. The summed E-state index contributed by atoms with van der Waals surface area (Å²) in [5.41, 5.74) is 5.87. The maximum absolute atomic E-state index is 12.3. The number of aliphatic hydroxyl groups excluding tert-OH is 2. The Kier molecular flexibility index (Phi) is 5.34. The predicted molar refractivity (Wildman–Crippen MR) is 120 cm³/mol. The molecular formula is C25H23N3O4. The number of rotatable bonds is 6. The number of amides is 1. The number of benzene rings is 3. The van der Waals surface area contributed by atoms with Crippen LogP contribution in [0.5, 0.6) is 0 Å². The van der Waals surface area contributed by atoms with E-state index >= 15 is 0 Å². The second-order valence-electron chi connectivity index (χ2n) is 7.90. The molecule has 32 heavy (non-hydrogen) atoms. The summed E-state index contributed by atoms with van der Waals surface area (Å²) < 4.78 is 5.48. The zero-order valence-corrected chi connectivity index (χ0v) is 17.2. The molecule has 1 aliphatic carbocycles. The molecule has 0 saturated carbocycles. The highest BCUT2D eigenvalue weighted by Crippen LogP contribution is 2.44. The summed E-state index contributed by atoms with van der Waals surface area (Å²) in [5.74, 6) is -0.0395. The van der Waals surface area contributed by atoms with Gasteiger partial charge < -0.3 is 20.3 Å². The first kappa shape index (κ1) is 20.2. The third kappa shape index (κ3) is 3.62. The minimum absolute atomic E-state index is 0.0395. The van der Waals surface area contributed by atoms with Crippen LogP contribution in [0.1, 0.15) is 28.7 Å². The van der Waals surface area contributed by atoms with Crippen molar-refractivity contribution in [2.75, 3.05) is 13.2 Å². The van der Waals surface area contributed by atoms with Crippen LogP contribution in [0.25, 0.3) is 22.0 Å². The van der Waals surface area contributed by atoms with Crippen molar-refractivity contribution in [3.05, 3.63) is 89.6 Å². The van der Waals surface area contributed by atoms with Crippen molar-refractivity contribution in [3.63, 3.8) is 0 Å². The zero-order valence-electron chi connectivity index (χ0n) is 17.2. The first-order chi connectivity index (χ1) is 15.6. The monoisotopic (exact) mass is 429 g/mol. The Hall–Kier alpha value is -3.68. The SMILES string of the molecule is O=C(NCC(O)C(O)c1cccc2[nH]ncc12)OCC1c2ccccc2-c2ccccc21. The van der Waals surface area contributed by atoms with Crippen LogP contribution in [-0.4, -0.2) is 45.8 Å². The number of alkyl carbamates (subject to hydrolysis) is 1. The Morgan fingerprint density at radius 3 is 2.41 bits per heavy atom. The summed E-state index contributed by atoms with van der Waals surface area (Å²) in [4.78, 5) is 12.3. The van der Waals surface area contributed by atoms with Crippen molar-refractivity contribution in [1.82, 2.24) is 15.5 Å². The summed E-state index contributed by atoms with van der Waals surface area (Å²) in [6, 6.07) is 21.6. The van der Waals surface area contributed by atoms with Crippen LogP contribution in [0.3, 0.4) is 0 Å². The summed E-state index contributed by atoms with van der Waals surface area (Å²) in [6.07, 6.45) is -1.42. The fourth-order valence-electron chi connectivity index (χ4n) is 4.41. The number of hydrogen-bond acceptors (Lipinski definition) is 5.